The topological polar surface area (TPSA) is 30.2 Å². The van der Waals surface area contributed by atoms with Gasteiger partial charge in [-0.15, -0.1) is 0 Å². The van der Waals surface area contributed by atoms with E-state index in [1.165, 1.54) is 0 Å². The van der Waals surface area contributed by atoms with Crippen molar-refractivity contribution in [2.75, 3.05) is 0 Å². The minimum absolute atomic E-state index is 0.0938. The van der Waals surface area contributed by atoms with Crippen molar-refractivity contribution in [3.8, 4) is 0 Å². The third-order valence-electron chi connectivity index (χ3n) is 2.40. The van der Waals surface area contributed by atoms with E-state index in [0.29, 0.717) is 11.3 Å². The minimum atomic E-state index is -0.0938. The molecule has 2 aromatic rings. The highest BCUT2D eigenvalue weighted by molar-refractivity contribution is 9.10. The molecule has 1 aromatic carbocycles. The molecule has 16 heavy (non-hydrogen) atoms. The van der Waals surface area contributed by atoms with E-state index in [1.807, 2.05) is 26.0 Å². The molecule has 0 bridgehead atoms. The van der Waals surface area contributed by atoms with Crippen LogP contribution >= 0.6 is 15.9 Å². The van der Waals surface area contributed by atoms with Crippen LogP contribution in [0.1, 0.15) is 27.4 Å². The second-order valence-electron chi connectivity index (χ2n) is 3.68. The van der Waals surface area contributed by atoms with Crippen molar-refractivity contribution in [2.45, 2.75) is 13.8 Å². The van der Waals surface area contributed by atoms with Gasteiger partial charge in [0.05, 0.1) is 0 Å². The van der Waals surface area contributed by atoms with E-state index in [-0.39, 0.29) is 5.78 Å². The summed E-state index contributed by atoms with van der Waals surface area (Å²) >= 11 is 3.42. The molecule has 1 aromatic heterocycles. The van der Waals surface area contributed by atoms with E-state index in [4.69, 9.17) is 4.42 Å². The summed E-state index contributed by atoms with van der Waals surface area (Å²) in [7, 11) is 0. The van der Waals surface area contributed by atoms with Crippen LogP contribution in [0.15, 0.2) is 39.2 Å². The van der Waals surface area contributed by atoms with Crippen molar-refractivity contribution in [1.29, 1.82) is 0 Å². The van der Waals surface area contributed by atoms with Crippen molar-refractivity contribution in [2.24, 2.45) is 0 Å². The average Bonchev–Trinajstić information content (AvgIpc) is 2.68. The highest BCUT2D eigenvalue weighted by atomic mass is 79.9. The largest absolute Gasteiger partial charge is 0.458 e. The highest BCUT2D eigenvalue weighted by Gasteiger charge is 2.16. The van der Waals surface area contributed by atoms with Crippen LogP contribution in [-0.2, 0) is 0 Å². The van der Waals surface area contributed by atoms with Gasteiger partial charge in [-0.25, -0.2) is 0 Å². The maximum Gasteiger partial charge on any atom is 0.229 e. The summed E-state index contributed by atoms with van der Waals surface area (Å²) in [5, 5.41) is 0. The van der Waals surface area contributed by atoms with Crippen LogP contribution in [0, 0.1) is 13.8 Å². The predicted molar refractivity (Wildman–Crippen MR) is 65.8 cm³/mol. The SMILES string of the molecule is Cc1ccc(C(=O)c2cccc(C)c2Br)o1. The van der Waals surface area contributed by atoms with Crippen molar-refractivity contribution in [3.05, 3.63) is 57.5 Å². The van der Waals surface area contributed by atoms with E-state index >= 15 is 0 Å². The number of carbonyl (C=O) groups excluding carboxylic acids is 1. The van der Waals surface area contributed by atoms with E-state index in [1.54, 1.807) is 18.2 Å². The molecule has 82 valence electrons. The Kier molecular flexibility index (Phi) is 2.97. The molecule has 0 unspecified atom stereocenters. The van der Waals surface area contributed by atoms with Crippen LogP contribution in [0.4, 0.5) is 0 Å². The number of halogens is 1. The molecule has 0 N–H and O–H groups in total. The standard InChI is InChI=1S/C13H11BrO2/c1-8-4-3-5-10(12(8)14)13(15)11-7-6-9(2)16-11/h3-7H,1-2H3. The lowest BCUT2D eigenvalue weighted by atomic mass is 10.1. The first-order valence-electron chi connectivity index (χ1n) is 4.96. The number of aryl methyl sites for hydroxylation is 2. The molecule has 3 heteroatoms. The van der Waals surface area contributed by atoms with Gasteiger partial charge in [-0.1, -0.05) is 12.1 Å². The average molecular weight is 279 g/mol. The van der Waals surface area contributed by atoms with Crippen molar-refractivity contribution in [3.63, 3.8) is 0 Å². The van der Waals surface area contributed by atoms with Gasteiger partial charge in [-0.05, 0) is 53.5 Å². The lowest BCUT2D eigenvalue weighted by Gasteiger charge is -2.03. The van der Waals surface area contributed by atoms with Crippen LogP contribution in [-0.4, -0.2) is 5.78 Å². The zero-order valence-electron chi connectivity index (χ0n) is 9.08. The number of ketones is 1. The fraction of sp³-hybridized carbons (Fsp3) is 0.154. The van der Waals surface area contributed by atoms with Gasteiger partial charge in [0, 0.05) is 10.0 Å². The van der Waals surface area contributed by atoms with Crippen LogP contribution in [0.25, 0.3) is 0 Å². The molecule has 0 atom stereocenters. The van der Waals surface area contributed by atoms with Gasteiger partial charge in [0.25, 0.3) is 0 Å². The van der Waals surface area contributed by atoms with Crippen molar-refractivity contribution < 1.29 is 9.21 Å². The molecule has 2 nitrogen and oxygen atoms in total. The number of rotatable bonds is 2. The first kappa shape index (κ1) is 11.1. The maximum atomic E-state index is 12.1. The van der Waals surface area contributed by atoms with Gasteiger partial charge >= 0.3 is 0 Å². The third kappa shape index (κ3) is 1.95. The molecule has 0 fully saturated rings. The Balaban J connectivity index is 2.45. The van der Waals surface area contributed by atoms with Crippen LogP contribution in [0.2, 0.25) is 0 Å². The molecular formula is C13H11BrO2. The summed E-state index contributed by atoms with van der Waals surface area (Å²) in [6.07, 6.45) is 0. The quantitative estimate of drug-likeness (QED) is 0.781. The van der Waals surface area contributed by atoms with E-state index in [0.717, 1.165) is 15.8 Å². The Morgan fingerprint density at radius 2 is 1.94 bits per heavy atom. The van der Waals surface area contributed by atoms with Gasteiger partial charge in [0.15, 0.2) is 5.76 Å². The molecule has 0 aliphatic heterocycles. The van der Waals surface area contributed by atoms with Crippen LogP contribution in [0.5, 0.6) is 0 Å². The smallest absolute Gasteiger partial charge is 0.229 e. The second-order valence-corrected chi connectivity index (χ2v) is 4.47. The van der Waals surface area contributed by atoms with E-state index in [2.05, 4.69) is 15.9 Å². The zero-order chi connectivity index (χ0) is 11.7. The lowest BCUT2D eigenvalue weighted by molar-refractivity contribution is 0.101. The summed E-state index contributed by atoms with van der Waals surface area (Å²) in [6.45, 7) is 3.77. The fourth-order valence-electron chi connectivity index (χ4n) is 1.51. The molecule has 0 aliphatic rings. The third-order valence-corrected chi connectivity index (χ3v) is 3.45. The molecule has 2 rings (SSSR count). The summed E-state index contributed by atoms with van der Waals surface area (Å²) in [6, 6.07) is 9.10. The molecule has 0 amide bonds. The zero-order valence-corrected chi connectivity index (χ0v) is 10.7. The van der Waals surface area contributed by atoms with Gasteiger partial charge in [0.1, 0.15) is 5.76 Å². The Labute approximate surface area is 102 Å². The van der Waals surface area contributed by atoms with Crippen molar-refractivity contribution in [1.82, 2.24) is 0 Å². The predicted octanol–water partition coefficient (Wildman–Crippen LogP) is 3.89. The van der Waals surface area contributed by atoms with Crippen molar-refractivity contribution >= 4 is 21.7 Å². The van der Waals surface area contributed by atoms with Crippen LogP contribution < -0.4 is 0 Å². The number of benzene rings is 1. The van der Waals surface area contributed by atoms with E-state index < -0.39 is 0 Å². The first-order chi connectivity index (χ1) is 7.59. The molecule has 1 heterocycles. The van der Waals surface area contributed by atoms with Gasteiger partial charge in [0.2, 0.25) is 5.78 Å². The lowest BCUT2D eigenvalue weighted by Crippen LogP contribution is -2.01. The van der Waals surface area contributed by atoms with Gasteiger partial charge in [-0.3, -0.25) is 4.79 Å². The fourth-order valence-corrected chi connectivity index (χ4v) is 1.96. The highest BCUT2D eigenvalue weighted by Crippen LogP contribution is 2.24. The second kappa shape index (κ2) is 4.26. The summed E-state index contributed by atoms with van der Waals surface area (Å²) in [4.78, 5) is 12.1. The Bertz CT molecular complexity index is 541. The normalized spacial score (nSPS) is 10.4. The maximum absolute atomic E-state index is 12.1. The number of carbonyl (C=O) groups is 1. The molecule has 0 radical (unpaired) electrons. The molecule has 0 aliphatic carbocycles. The number of hydrogen-bond donors (Lipinski definition) is 0. The molecule has 0 spiro atoms. The summed E-state index contributed by atoms with van der Waals surface area (Å²) in [5.74, 6) is 1.03. The van der Waals surface area contributed by atoms with Crippen LogP contribution in [0.3, 0.4) is 0 Å². The molecular weight excluding hydrogens is 268 g/mol. The molecule has 0 saturated heterocycles. The van der Waals surface area contributed by atoms with Gasteiger partial charge in [-0.2, -0.15) is 0 Å². The summed E-state index contributed by atoms with van der Waals surface area (Å²) in [5.41, 5.74) is 1.67. The number of furan rings is 1. The Morgan fingerprint density at radius 1 is 1.19 bits per heavy atom. The summed E-state index contributed by atoms with van der Waals surface area (Å²) < 4.78 is 6.15. The monoisotopic (exact) mass is 278 g/mol. The molecule has 0 saturated carbocycles. The van der Waals surface area contributed by atoms with Gasteiger partial charge < -0.3 is 4.42 Å². The first-order valence-corrected chi connectivity index (χ1v) is 5.75. The minimum Gasteiger partial charge on any atom is -0.458 e. The Morgan fingerprint density at radius 3 is 2.56 bits per heavy atom. The van der Waals surface area contributed by atoms with E-state index in [9.17, 15) is 4.79 Å². The Hall–Kier alpha value is -1.35. The number of hydrogen-bond acceptors (Lipinski definition) is 2.